The number of nitrogens with one attached hydrogen (secondary N) is 1. The van der Waals surface area contributed by atoms with E-state index in [9.17, 15) is 14.4 Å². The van der Waals surface area contributed by atoms with Gasteiger partial charge in [-0.25, -0.2) is 4.79 Å². The van der Waals surface area contributed by atoms with Gasteiger partial charge in [-0.1, -0.05) is 0 Å². The number of ketones is 1. The van der Waals surface area contributed by atoms with E-state index in [2.05, 4.69) is 5.32 Å². The van der Waals surface area contributed by atoms with Crippen LogP contribution in [0.5, 0.6) is 5.75 Å². The highest BCUT2D eigenvalue weighted by Crippen LogP contribution is 2.28. The van der Waals surface area contributed by atoms with Crippen molar-refractivity contribution in [3.63, 3.8) is 0 Å². The summed E-state index contributed by atoms with van der Waals surface area (Å²) < 4.78 is 7.43. The highest BCUT2D eigenvalue weighted by Gasteiger charge is 2.25. The zero-order valence-electron chi connectivity index (χ0n) is 14.3. The number of carbonyl (C=O) groups is 1. The minimum Gasteiger partial charge on any atom is -0.493 e. The van der Waals surface area contributed by atoms with Crippen LogP contribution in [0.25, 0.3) is 0 Å². The minimum atomic E-state index is -0.693. The standard InChI is InChI=1S/C17H20N4O4/c1-9(19-11-4-5-12-10(8-11)6-7-25-12)14(22)13-15(18)20(2)17(24)21(3)16(13)23/h4-5,8-9,19H,6-7,18H2,1-3H3. The van der Waals surface area contributed by atoms with Crippen molar-refractivity contribution in [2.75, 3.05) is 17.7 Å². The largest absolute Gasteiger partial charge is 0.493 e. The lowest BCUT2D eigenvalue weighted by Crippen LogP contribution is -2.43. The number of anilines is 2. The summed E-state index contributed by atoms with van der Waals surface area (Å²) in [5.41, 5.74) is 6.22. The Morgan fingerprint density at radius 2 is 2.00 bits per heavy atom. The SMILES string of the molecule is CC(Nc1ccc2c(c1)CCO2)C(=O)c1c(N)n(C)c(=O)n(C)c1=O. The van der Waals surface area contributed by atoms with Gasteiger partial charge in [-0.2, -0.15) is 0 Å². The van der Waals surface area contributed by atoms with Crippen LogP contribution in [0.2, 0.25) is 0 Å². The number of nitrogens with two attached hydrogens (primary N) is 1. The molecule has 2 aromatic rings. The third-order valence-corrected chi connectivity index (χ3v) is 4.42. The third kappa shape index (κ3) is 2.79. The minimum absolute atomic E-state index is 0.130. The maximum Gasteiger partial charge on any atom is 0.332 e. The number of carbonyl (C=O) groups excluding carboxylic acids is 1. The van der Waals surface area contributed by atoms with E-state index >= 15 is 0 Å². The van der Waals surface area contributed by atoms with Crippen molar-refractivity contribution < 1.29 is 9.53 Å². The van der Waals surface area contributed by atoms with Gasteiger partial charge in [0.1, 0.15) is 17.1 Å². The zero-order chi connectivity index (χ0) is 18.3. The Bertz CT molecular complexity index is 974. The molecular formula is C17H20N4O4. The second-order valence-corrected chi connectivity index (χ2v) is 6.12. The molecule has 1 unspecified atom stereocenters. The van der Waals surface area contributed by atoms with Crippen LogP contribution in [0.4, 0.5) is 11.5 Å². The number of benzene rings is 1. The highest BCUT2D eigenvalue weighted by molar-refractivity contribution is 6.04. The Kier molecular flexibility index (Phi) is 4.12. The number of aromatic nitrogens is 2. The first-order valence-corrected chi connectivity index (χ1v) is 7.93. The molecule has 1 aromatic heterocycles. The van der Waals surface area contributed by atoms with Gasteiger partial charge in [0.2, 0.25) is 0 Å². The Morgan fingerprint density at radius 1 is 1.28 bits per heavy atom. The molecule has 25 heavy (non-hydrogen) atoms. The summed E-state index contributed by atoms with van der Waals surface area (Å²) in [4.78, 5) is 36.9. The predicted molar refractivity (Wildman–Crippen MR) is 94.4 cm³/mol. The molecule has 0 radical (unpaired) electrons. The highest BCUT2D eigenvalue weighted by atomic mass is 16.5. The van der Waals surface area contributed by atoms with Gasteiger partial charge in [0.25, 0.3) is 5.56 Å². The van der Waals surface area contributed by atoms with Crippen molar-refractivity contribution >= 4 is 17.3 Å². The smallest absolute Gasteiger partial charge is 0.332 e. The molecule has 0 spiro atoms. The summed E-state index contributed by atoms with van der Waals surface area (Å²) in [5, 5.41) is 3.08. The summed E-state index contributed by atoms with van der Waals surface area (Å²) in [7, 11) is 2.74. The molecule has 8 heteroatoms. The van der Waals surface area contributed by atoms with Gasteiger partial charge in [0.05, 0.1) is 12.6 Å². The molecule has 2 heterocycles. The van der Waals surface area contributed by atoms with E-state index in [1.165, 1.54) is 14.1 Å². The predicted octanol–water partition coefficient (Wildman–Crippen LogP) is 0.284. The second-order valence-electron chi connectivity index (χ2n) is 6.12. The maximum absolute atomic E-state index is 12.7. The molecule has 0 amide bonds. The average Bonchev–Trinajstić information content (AvgIpc) is 3.06. The molecule has 3 rings (SSSR count). The number of fused-ring (bicyclic) bond motifs is 1. The molecule has 0 saturated carbocycles. The number of Topliss-reactive ketones (excluding diaryl/α,β-unsaturated/α-hetero) is 1. The van der Waals surface area contributed by atoms with Crippen molar-refractivity contribution in [3.05, 3.63) is 50.2 Å². The molecule has 0 bridgehead atoms. The Morgan fingerprint density at radius 3 is 2.72 bits per heavy atom. The van der Waals surface area contributed by atoms with Crippen LogP contribution in [-0.4, -0.2) is 27.6 Å². The van der Waals surface area contributed by atoms with Crippen molar-refractivity contribution in [1.82, 2.24) is 9.13 Å². The average molecular weight is 344 g/mol. The molecule has 8 nitrogen and oxygen atoms in total. The number of hydrogen-bond acceptors (Lipinski definition) is 6. The van der Waals surface area contributed by atoms with E-state index in [1.54, 1.807) is 6.92 Å². The van der Waals surface area contributed by atoms with E-state index in [-0.39, 0.29) is 11.4 Å². The number of nitrogen functional groups attached to an aromatic ring is 1. The molecule has 132 valence electrons. The first-order chi connectivity index (χ1) is 11.8. The van der Waals surface area contributed by atoms with Gasteiger partial charge >= 0.3 is 5.69 Å². The number of ether oxygens (including phenoxy) is 1. The fourth-order valence-electron chi connectivity index (χ4n) is 2.90. The van der Waals surface area contributed by atoms with Crippen LogP contribution >= 0.6 is 0 Å². The summed E-state index contributed by atoms with van der Waals surface area (Å²) in [5.74, 6) is 0.250. The lowest BCUT2D eigenvalue weighted by atomic mass is 10.1. The Balaban J connectivity index is 1.91. The van der Waals surface area contributed by atoms with E-state index in [0.717, 1.165) is 32.6 Å². The van der Waals surface area contributed by atoms with E-state index in [4.69, 9.17) is 10.5 Å². The topological polar surface area (TPSA) is 108 Å². The quantitative estimate of drug-likeness (QED) is 0.772. The van der Waals surface area contributed by atoms with Gasteiger partial charge in [-0.3, -0.25) is 18.7 Å². The van der Waals surface area contributed by atoms with Gasteiger partial charge in [-0.05, 0) is 30.7 Å². The zero-order valence-corrected chi connectivity index (χ0v) is 14.3. The number of rotatable bonds is 4. The van der Waals surface area contributed by atoms with E-state index < -0.39 is 23.1 Å². The van der Waals surface area contributed by atoms with Gasteiger partial charge in [-0.15, -0.1) is 0 Å². The summed E-state index contributed by atoms with van der Waals surface area (Å²) in [6.07, 6.45) is 0.821. The van der Waals surface area contributed by atoms with Crippen LogP contribution in [-0.2, 0) is 20.5 Å². The molecule has 1 aliphatic rings. The van der Waals surface area contributed by atoms with Crippen molar-refractivity contribution in [2.24, 2.45) is 14.1 Å². The second kappa shape index (κ2) is 6.12. The lowest BCUT2D eigenvalue weighted by Gasteiger charge is -2.17. The first kappa shape index (κ1) is 16.8. The molecule has 0 saturated heterocycles. The van der Waals surface area contributed by atoms with Crippen LogP contribution in [0.3, 0.4) is 0 Å². The van der Waals surface area contributed by atoms with Crippen LogP contribution < -0.4 is 27.0 Å². The van der Waals surface area contributed by atoms with Crippen molar-refractivity contribution in [2.45, 2.75) is 19.4 Å². The molecule has 1 atom stereocenters. The fourth-order valence-corrected chi connectivity index (χ4v) is 2.90. The maximum atomic E-state index is 12.7. The molecular weight excluding hydrogens is 324 g/mol. The van der Waals surface area contributed by atoms with E-state index in [0.29, 0.717) is 6.61 Å². The fraction of sp³-hybridized carbons (Fsp3) is 0.353. The normalized spacial score (nSPS) is 13.9. The first-order valence-electron chi connectivity index (χ1n) is 7.93. The Hall–Kier alpha value is -3.03. The van der Waals surface area contributed by atoms with Crippen molar-refractivity contribution in [1.29, 1.82) is 0 Å². The molecule has 0 aliphatic carbocycles. The molecule has 3 N–H and O–H groups in total. The monoisotopic (exact) mass is 344 g/mol. The van der Waals surface area contributed by atoms with E-state index in [1.807, 2.05) is 18.2 Å². The van der Waals surface area contributed by atoms with Crippen LogP contribution in [0.15, 0.2) is 27.8 Å². The van der Waals surface area contributed by atoms with Crippen molar-refractivity contribution in [3.8, 4) is 5.75 Å². The summed E-state index contributed by atoms with van der Waals surface area (Å²) >= 11 is 0. The van der Waals surface area contributed by atoms with Crippen LogP contribution in [0, 0.1) is 0 Å². The third-order valence-electron chi connectivity index (χ3n) is 4.42. The molecule has 1 aromatic carbocycles. The molecule has 1 aliphatic heterocycles. The summed E-state index contributed by atoms with van der Waals surface area (Å²) in [6.45, 7) is 2.30. The summed E-state index contributed by atoms with van der Waals surface area (Å²) in [6, 6.07) is 4.90. The van der Waals surface area contributed by atoms with Crippen LogP contribution in [0.1, 0.15) is 22.8 Å². The van der Waals surface area contributed by atoms with Gasteiger partial charge in [0.15, 0.2) is 5.78 Å². The van der Waals surface area contributed by atoms with Gasteiger partial charge in [0, 0.05) is 26.2 Å². The number of nitrogens with zero attached hydrogens (tertiary/aromatic N) is 2. The Labute approximate surface area is 143 Å². The molecule has 0 fully saturated rings. The lowest BCUT2D eigenvalue weighted by molar-refractivity contribution is 0.0973. The van der Waals surface area contributed by atoms with Gasteiger partial charge < -0.3 is 15.8 Å². The number of hydrogen-bond donors (Lipinski definition) is 2.